The second-order valence-electron chi connectivity index (χ2n) is 7.56. The standard InChI is InChI=1S/C24H26N4O2/c1-17-5-3-8-23(26-17)27-20-9-10-22(25-16-20)18-11-13-28(14-12-18)24(29)19-6-4-7-21(15-19)30-2/h3-10,15-16,18H,11-14H2,1-2H3,(H,26,27). The summed E-state index contributed by atoms with van der Waals surface area (Å²) in [6.45, 7) is 3.43. The molecule has 3 aromatic rings. The number of benzene rings is 1. The fraction of sp³-hybridized carbons (Fsp3) is 0.292. The number of nitrogens with one attached hydrogen (secondary N) is 1. The Bertz CT molecular complexity index is 1010. The highest BCUT2D eigenvalue weighted by molar-refractivity contribution is 5.94. The topological polar surface area (TPSA) is 67.3 Å². The summed E-state index contributed by atoms with van der Waals surface area (Å²) < 4.78 is 5.23. The molecule has 6 heteroatoms. The zero-order chi connectivity index (χ0) is 20.9. The van der Waals surface area contributed by atoms with Crippen LogP contribution in [-0.4, -0.2) is 41.0 Å². The highest BCUT2D eigenvalue weighted by Gasteiger charge is 2.25. The predicted octanol–water partition coefficient (Wildman–Crippen LogP) is 4.56. The number of methoxy groups -OCH3 is 1. The van der Waals surface area contributed by atoms with Crippen molar-refractivity contribution in [2.24, 2.45) is 0 Å². The lowest BCUT2D eigenvalue weighted by Crippen LogP contribution is -2.38. The molecule has 2 aromatic heterocycles. The molecule has 0 unspecified atom stereocenters. The number of ether oxygens (including phenoxy) is 1. The van der Waals surface area contributed by atoms with E-state index < -0.39 is 0 Å². The molecule has 3 heterocycles. The summed E-state index contributed by atoms with van der Waals surface area (Å²) in [4.78, 5) is 23.8. The quantitative estimate of drug-likeness (QED) is 0.678. The van der Waals surface area contributed by atoms with E-state index in [2.05, 4.69) is 21.4 Å². The smallest absolute Gasteiger partial charge is 0.253 e. The van der Waals surface area contributed by atoms with E-state index in [9.17, 15) is 4.79 Å². The molecule has 0 radical (unpaired) electrons. The number of hydrogen-bond acceptors (Lipinski definition) is 5. The van der Waals surface area contributed by atoms with Crippen molar-refractivity contribution < 1.29 is 9.53 Å². The van der Waals surface area contributed by atoms with Crippen LogP contribution in [0, 0.1) is 6.92 Å². The minimum absolute atomic E-state index is 0.0607. The van der Waals surface area contributed by atoms with Gasteiger partial charge in [-0.1, -0.05) is 12.1 Å². The number of aromatic nitrogens is 2. The number of anilines is 2. The zero-order valence-corrected chi connectivity index (χ0v) is 17.3. The number of carbonyl (C=O) groups excluding carboxylic acids is 1. The van der Waals surface area contributed by atoms with Gasteiger partial charge in [0.05, 0.1) is 19.0 Å². The summed E-state index contributed by atoms with van der Waals surface area (Å²) in [5, 5.41) is 3.29. The first-order valence-corrected chi connectivity index (χ1v) is 10.2. The average Bonchev–Trinajstić information content (AvgIpc) is 2.79. The molecule has 0 atom stereocenters. The number of pyridine rings is 2. The van der Waals surface area contributed by atoms with Crippen LogP contribution in [0.15, 0.2) is 60.8 Å². The van der Waals surface area contributed by atoms with E-state index in [4.69, 9.17) is 4.74 Å². The van der Waals surface area contributed by atoms with Crippen molar-refractivity contribution in [1.29, 1.82) is 0 Å². The van der Waals surface area contributed by atoms with Gasteiger partial charge in [0.15, 0.2) is 0 Å². The maximum atomic E-state index is 12.8. The van der Waals surface area contributed by atoms with Crippen molar-refractivity contribution in [3.63, 3.8) is 0 Å². The molecule has 1 amide bonds. The number of aryl methyl sites for hydroxylation is 1. The van der Waals surface area contributed by atoms with Gasteiger partial charge in [-0.2, -0.15) is 0 Å². The average molecular weight is 402 g/mol. The molecule has 0 saturated carbocycles. The van der Waals surface area contributed by atoms with Crippen LogP contribution >= 0.6 is 0 Å². The van der Waals surface area contributed by atoms with E-state index in [0.29, 0.717) is 17.2 Å². The monoisotopic (exact) mass is 402 g/mol. The summed E-state index contributed by atoms with van der Waals surface area (Å²) in [5.41, 5.74) is 3.64. The molecule has 0 bridgehead atoms. The van der Waals surface area contributed by atoms with Crippen LogP contribution in [0.1, 0.15) is 40.5 Å². The fourth-order valence-electron chi connectivity index (χ4n) is 3.80. The van der Waals surface area contributed by atoms with Crippen LogP contribution in [0.25, 0.3) is 0 Å². The van der Waals surface area contributed by atoms with Gasteiger partial charge in [-0.15, -0.1) is 0 Å². The number of likely N-dealkylation sites (tertiary alicyclic amines) is 1. The number of rotatable bonds is 5. The molecule has 1 saturated heterocycles. The van der Waals surface area contributed by atoms with Gasteiger partial charge in [-0.3, -0.25) is 9.78 Å². The van der Waals surface area contributed by atoms with E-state index in [1.807, 2.05) is 60.5 Å². The molecule has 1 aliphatic heterocycles. The van der Waals surface area contributed by atoms with Gasteiger partial charge in [-0.25, -0.2) is 4.98 Å². The van der Waals surface area contributed by atoms with Crippen molar-refractivity contribution in [3.05, 3.63) is 77.7 Å². The molecule has 1 aromatic carbocycles. The summed E-state index contributed by atoms with van der Waals surface area (Å²) in [7, 11) is 1.61. The molecular weight excluding hydrogens is 376 g/mol. The Kier molecular flexibility index (Phi) is 5.93. The van der Waals surface area contributed by atoms with Crippen LogP contribution in [0.4, 0.5) is 11.5 Å². The van der Waals surface area contributed by atoms with Crippen molar-refractivity contribution in [1.82, 2.24) is 14.9 Å². The first kappa shape index (κ1) is 19.9. The first-order chi connectivity index (χ1) is 14.6. The van der Waals surface area contributed by atoms with E-state index >= 15 is 0 Å². The van der Waals surface area contributed by atoms with Crippen LogP contribution in [0.5, 0.6) is 5.75 Å². The van der Waals surface area contributed by atoms with Crippen LogP contribution in [0.2, 0.25) is 0 Å². The van der Waals surface area contributed by atoms with E-state index in [-0.39, 0.29) is 5.91 Å². The van der Waals surface area contributed by atoms with Crippen molar-refractivity contribution >= 4 is 17.4 Å². The van der Waals surface area contributed by atoms with Crippen LogP contribution in [0.3, 0.4) is 0 Å². The van der Waals surface area contributed by atoms with Crippen molar-refractivity contribution in [2.75, 3.05) is 25.5 Å². The van der Waals surface area contributed by atoms with Gasteiger partial charge in [0.2, 0.25) is 0 Å². The molecule has 4 rings (SSSR count). The van der Waals surface area contributed by atoms with E-state index in [1.165, 1.54) is 0 Å². The number of carbonyl (C=O) groups is 1. The summed E-state index contributed by atoms with van der Waals surface area (Å²) in [6, 6.07) is 17.3. The second kappa shape index (κ2) is 8.95. The molecular formula is C24H26N4O2. The highest BCUT2D eigenvalue weighted by atomic mass is 16.5. The summed E-state index contributed by atoms with van der Waals surface area (Å²) in [6.07, 6.45) is 3.68. The Labute approximate surface area is 176 Å². The van der Waals surface area contributed by atoms with Gasteiger partial charge in [0, 0.05) is 36.0 Å². The lowest BCUT2D eigenvalue weighted by Gasteiger charge is -2.32. The highest BCUT2D eigenvalue weighted by Crippen LogP contribution is 2.28. The maximum Gasteiger partial charge on any atom is 0.253 e. The number of amides is 1. The molecule has 0 spiro atoms. The minimum Gasteiger partial charge on any atom is -0.497 e. The molecule has 1 N–H and O–H groups in total. The molecule has 1 fully saturated rings. The van der Waals surface area contributed by atoms with Gasteiger partial charge < -0.3 is 15.0 Å². The molecule has 154 valence electrons. The second-order valence-corrected chi connectivity index (χ2v) is 7.56. The normalized spacial score (nSPS) is 14.4. The largest absolute Gasteiger partial charge is 0.497 e. The molecule has 6 nitrogen and oxygen atoms in total. The maximum absolute atomic E-state index is 12.8. The van der Waals surface area contributed by atoms with Crippen LogP contribution < -0.4 is 10.1 Å². The number of nitrogens with zero attached hydrogens (tertiary/aromatic N) is 3. The Hall–Kier alpha value is -3.41. The third-order valence-electron chi connectivity index (χ3n) is 5.46. The molecule has 30 heavy (non-hydrogen) atoms. The lowest BCUT2D eigenvalue weighted by molar-refractivity contribution is 0.0711. The summed E-state index contributed by atoms with van der Waals surface area (Å²) in [5.74, 6) is 1.94. The van der Waals surface area contributed by atoms with Gasteiger partial charge >= 0.3 is 0 Å². The predicted molar refractivity (Wildman–Crippen MR) is 117 cm³/mol. The summed E-state index contributed by atoms with van der Waals surface area (Å²) >= 11 is 0. The zero-order valence-electron chi connectivity index (χ0n) is 17.3. The minimum atomic E-state index is 0.0607. The van der Waals surface area contributed by atoms with Crippen molar-refractivity contribution in [2.45, 2.75) is 25.7 Å². The van der Waals surface area contributed by atoms with Gasteiger partial charge in [-0.05, 0) is 62.2 Å². The first-order valence-electron chi connectivity index (χ1n) is 10.2. The van der Waals surface area contributed by atoms with Crippen LogP contribution in [-0.2, 0) is 0 Å². The third kappa shape index (κ3) is 4.59. The molecule has 0 aliphatic carbocycles. The molecule has 1 aliphatic rings. The van der Waals surface area contributed by atoms with Gasteiger partial charge in [0.1, 0.15) is 11.6 Å². The Morgan fingerprint density at radius 3 is 2.60 bits per heavy atom. The Balaban J connectivity index is 1.35. The SMILES string of the molecule is COc1cccc(C(=O)N2CCC(c3ccc(Nc4cccc(C)n4)cn3)CC2)c1. The van der Waals surface area contributed by atoms with Gasteiger partial charge in [0.25, 0.3) is 5.91 Å². The lowest BCUT2D eigenvalue weighted by atomic mass is 9.92. The Morgan fingerprint density at radius 2 is 1.90 bits per heavy atom. The Morgan fingerprint density at radius 1 is 1.10 bits per heavy atom. The third-order valence-corrected chi connectivity index (χ3v) is 5.46. The number of hydrogen-bond donors (Lipinski definition) is 1. The number of piperidine rings is 1. The van der Waals surface area contributed by atoms with E-state index in [0.717, 1.165) is 48.8 Å². The van der Waals surface area contributed by atoms with Crippen molar-refractivity contribution in [3.8, 4) is 5.75 Å². The fourth-order valence-corrected chi connectivity index (χ4v) is 3.80. The van der Waals surface area contributed by atoms with E-state index in [1.54, 1.807) is 13.2 Å².